The van der Waals surface area contributed by atoms with Crippen LogP contribution in [0.5, 0.6) is 5.75 Å². The summed E-state index contributed by atoms with van der Waals surface area (Å²) in [6, 6.07) is 8.63. The second kappa shape index (κ2) is 6.18. The fourth-order valence-corrected chi connectivity index (χ4v) is 2.24. The summed E-state index contributed by atoms with van der Waals surface area (Å²) in [5.74, 6) is 0.906. The molecule has 1 aromatic carbocycles. The number of morpholine rings is 1. The van der Waals surface area contributed by atoms with Gasteiger partial charge in [0.05, 0.1) is 19.8 Å². The molecule has 1 fully saturated rings. The molecule has 4 nitrogen and oxygen atoms in total. The Morgan fingerprint density at radius 1 is 1.50 bits per heavy atom. The Balaban J connectivity index is 2.02. The summed E-state index contributed by atoms with van der Waals surface area (Å²) in [7, 11) is 1.70. The number of hydrogen-bond acceptors (Lipinski definition) is 4. The first-order chi connectivity index (χ1) is 8.72. The zero-order valence-corrected chi connectivity index (χ0v) is 11.1. The van der Waals surface area contributed by atoms with E-state index in [0.717, 1.165) is 25.4 Å². The molecule has 0 saturated carbocycles. The monoisotopic (exact) mass is 250 g/mol. The molecule has 2 atom stereocenters. The molecule has 0 bridgehead atoms. The zero-order valence-electron chi connectivity index (χ0n) is 11.1. The van der Waals surface area contributed by atoms with Gasteiger partial charge in [-0.15, -0.1) is 0 Å². The maximum absolute atomic E-state index is 5.68. The number of nitrogens with zero attached hydrogens (tertiary/aromatic N) is 1. The van der Waals surface area contributed by atoms with Crippen LogP contribution in [-0.4, -0.2) is 43.9 Å². The average Bonchev–Trinajstić information content (AvgIpc) is 2.41. The third-order valence-corrected chi connectivity index (χ3v) is 3.42. The quantitative estimate of drug-likeness (QED) is 0.873. The van der Waals surface area contributed by atoms with Crippen molar-refractivity contribution in [3.05, 3.63) is 29.8 Å². The Labute approximate surface area is 109 Å². The smallest absolute Gasteiger partial charge is 0.119 e. The van der Waals surface area contributed by atoms with Crippen molar-refractivity contribution in [2.75, 3.05) is 26.8 Å². The Hall–Kier alpha value is -1.10. The van der Waals surface area contributed by atoms with Crippen molar-refractivity contribution in [3.8, 4) is 5.75 Å². The first kappa shape index (κ1) is 13.3. The molecule has 1 aliphatic heterocycles. The van der Waals surface area contributed by atoms with Crippen LogP contribution >= 0.6 is 0 Å². The van der Waals surface area contributed by atoms with Crippen molar-refractivity contribution in [1.82, 2.24) is 4.90 Å². The van der Waals surface area contributed by atoms with Crippen LogP contribution in [0.2, 0.25) is 0 Å². The molecule has 1 aliphatic rings. The van der Waals surface area contributed by atoms with Gasteiger partial charge in [-0.3, -0.25) is 4.90 Å². The lowest BCUT2D eigenvalue weighted by Gasteiger charge is -2.37. The topological polar surface area (TPSA) is 47.7 Å². The molecule has 0 amide bonds. The van der Waals surface area contributed by atoms with Crippen LogP contribution in [0.4, 0.5) is 0 Å². The predicted molar refractivity (Wildman–Crippen MR) is 71.7 cm³/mol. The first-order valence-corrected chi connectivity index (χ1v) is 6.41. The maximum Gasteiger partial charge on any atom is 0.119 e. The van der Waals surface area contributed by atoms with Gasteiger partial charge in [0.1, 0.15) is 5.75 Å². The Bertz CT molecular complexity index is 384. The van der Waals surface area contributed by atoms with E-state index in [2.05, 4.69) is 24.0 Å². The minimum atomic E-state index is 0.159. The van der Waals surface area contributed by atoms with Gasteiger partial charge in [0.25, 0.3) is 0 Å². The van der Waals surface area contributed by atoms with Crippen molar-refractivity contribution in [2.45, 2.75) is 25.6 Å². The lowest BCUT2D eigenvalue weighted by atomic mass is 10.1. The molecule has 0 aliphatic carbocycles. The van der Waals surface area contributed by atoms with E-state index in [1.807, 2.05) is 12.1 Å². The molecular formula is C14H22N2O2. The molecule has 1 saturated heterocycles. The summed E-state index contributed by atoms with van der Waals surface area (Å²) in [4.78, 5) is 2.41. The van der Waals surface area contributed by atoms with Gasteiger partial charge in [0, 0.05) is 25.7 Å². The number of ether oxygens (including phenoxy) is 2. The second-order valence-corrected chi connectivity index (χ2v) is 4.82. The molecule has 0 aromatic heterocycles. The van der Waals surface area contributed by atoms with E-state index in [9.17, 15) is 0 Å². The minimum Gasteiger partial charge on any atom is -0.497 e. The van der Waals surface area contributed by atoms with Crippen molar-refractivity contribution in [2.24, 2.45) is 5.73 Å². The minimum absolute atomic E-state index is 0.159. The third-order valence-electron chi connectivity index (χ3n) is 3.42. The van der Waals surface area contributed by atoms with Gasteiger partial charge in [-0.1, -0.05) is 12.1 Å². The van der Waals surface area contributed by atoms with Crippen molar-refractivity contribution in [1.29, 1.82) is 0 Å². The summed E-state index contributed by atoms with van der Waals surface area (Å²) < 4.78 is 10.9. The van der Waals surface area contributed by atoms with Crippen LogP contribution in [-0.2, 0) is 11.3 Å². The lowest BCUT2D eigenvalue weighted by molar-refractivity contribution is -0.0567. The number of methoxy groups -OCH3 is 1. The highest BCUT2D eigenvalue weighted by atomic mass is 16.5. The summed E-state index contributed by atoms with van der Waals surface area (Å²) in [6.45, 7) is 5.34. The summed E-state index contributed by atoms with van der Waals surface area (Å²) >= 11 is 0. The van der Waals surface area contributed by atoms with Gasteiger partial charge in [-0.25, -0.2) is 0 Å². The van der Waals surface area contributed by atoms with Crippen molar-refractivity contribution >= 4 is 0 Å². The molecule has 4 heteroatoms. The fraction of sp³-hybridized carbons (Fsp3) is 0.571. The number of rotatable bonds is 4. The number of nitrogens with two attached hydrogens (primary N) is 1. The summed E-state index contributed by atoms with van der Waals surface area (Å²) in [5.41, 5.74) is 6.94. The number of benzene rings is 1. The molecule has 1 aromatic rings. The van der Waals surface area contributed by atoms with Gasteiger partial charge < -0.3 is 15.2 Å². The molecule has 0 radical (unpaired) electrons. The zero-order chi connectivity index (χ0) is 13.0. The highest BCUT2D eigenvalue weighted by Gasteiger charge is 2.25. The highest BCUT2D eigenvalue weighted by molar-refractivity contribution is 5.28. The van der Waals surface area contributed by atoms with Crippen LogP contribution in [0.15, 0.2) is 24.3 Å². The molecule has 0 spiro atoms. The molecule has 2 unspecified atom stereocenters. The maximum atomic E-state index is 5.68. The van der Waals surface area contributed by atoms with Crippen LogP contribution in [0, 0.1) is 0 Å². The van der Waals surface area contributed by atoms with Gasteiger partial charge >= 0.3 is 0 Å². The molecular weight excluding hydrogens is 228 g/mol. The molecule has 18 heavy (non-hydrogen) atoms. The Kier molecular flexibility index (Phi) is 4.58. The molecule has 100 valence electrons. The largest absolute Gasteiger partial charge is 0.497 e. The summed E-state index contributed by atoms with van der Waals surface area (Å²) in [5, 5.41) is 0. The van der Waals surface area contributed by atoms with Crippen LogP contribution in [0.1, 0.15) is 12.5 Å². The van der Waals surface area contributed by atoms with E-state index in [0.29, 0.717) is 12.6 Å². The van der Waals surface area contributed by atoms with Gasteiger partial charge in [0.2, 0.25) is 0 Å². The van der Waals surface area contributed by atoms with Gasteiger partial charge in [-0.2, -0.15) is 0 Å². The van der Waals surface area contributed by atoms with Crippen LogP contribution < -0.4 is 10.5 Å². The van der Waals surface area contributed by atoms with Crippen molar-refractivity contribution < 1.29 is 9.47 Å². The normalized spacial score (nSPS) is 25.1. The van der Waals surface area contributed by atoms with Gasteiger partial charge in [-0.05, 0) is 24.6 Å². The Morgan fingerprint density at radius 3 is 3.06 bits per heavy atom. The number of hydrogen-bond donors (Lipinski definition) is 1. The predicted octanol–water partition coefficient (Wildman–Crippen LogP) is 1.24. The van der Waals surface area contributed by atoms with Crippen LogP contribution in [0.3, 0.4) is 0 Å². The second-order valence-electron chi connectivity index (χ2n) is 4.82. The van der Waals surface area contributed by atoms with E-state index in [-0.39, 0.29) is 6.10 Å². The van der Waals surface area contributed by atoms with Crippen LogP contribution in [0.25, 0.3) is 0 Å². The third kappa shape index (κ3) is 3.22. The van der Waals surface area contributed by atoms with E-state index in [4.69, 9.17) is 15.2 Å². The first-order valence-electron chi connectivity index (χ1n) is 6.41. The molecule has 2 N–H and O–H groups in total. The average molecular weight is 250 g/mol. The lowest BCUT2D eigenvalue weighted by Crippen LogP contribution is -2.49. The van der Waals surface area contributed by atoms with E-state index >= 15 is 0 Å². The van der Waals surface area contributed by atoms with E-state index in [1.54, 1.807) is 7.11 Å². The fourth-order valence-electron chi connectivity index (χ4n) is 2.24. The SMILES string of the molecule is COc1cccc(CN2CC(CN)OCC2C)c1. The van der Waals surface area contributed by atoms with E-state index in [1.165, 1.54) is 5.56 Å². The highest BCUT2D eigenvalue weighted by Crippen LogP contribution is 2.18. The van der Waals surface area contributed by atoms with Gasteiger partial charge in [0.15, 0.2) is 0 Å². The van der Waals surface area contributed by atoms with Crippen molar-refractivity contribution in [3.63, 3.8) is 0 Å². The Morgan fingerprint density at radius 2 is 2.33 bits per heavy atom. The van der Waals surface area contributed by atoms with E-state index < -0.39 is 0 Å². The standard InChI is InChI=1S/C14H22N2O2/c1-11-10-18-14(7-15)9-16(11)8-12-4-3-5-13(6-12)17-2/h3-6,11,14H,7-10,15H2,1-2H3. The molecule has 1 heterocycles. The summed E-state index contributed by atoms with van der Waals surface area (Å²) in [6.07, 6.45) is 0.159. The molecule has 2 rings (SSSR count).